The summed E-state index contributed by atoms with van der Waals surface area (Å²) in [5, 5.41) is 1.77. The third kappa shape index (κ3) is 2.44. The number of rotatable bonds is 3. The minimum absolute atomic E-state index is 0.757. The predicted octanol–water partition coefficient (Wildman–Crippen LogP) is 1.57. The Bertz CT molecular complexity index is 286. The number of nitrogens with zero attached hydrogens (tertiary/aromatic N) is 1. The third-order valence-electron chi connectivity index (χ3n) is 2.19. The molecule has 0 aliphatic carbocycles. The van der Waals surface area contributed by atoms with Crippen molar-refractivity contribution in [3.8, 4) is 0 Å². The first-order valence-corrected chi connectivity index (χ1v) is 4.24. The number of nitrogen functional groups attached to an aromatic ring is 1. The zero-order valence-corrected chi connectivity index (χ0v) is 8.37. The molecular formula is C10H16N2O. The van der Waals surface area contributed by atoms with E-state index in [1.54, 1.807) is 12.2 Å². The second-order valence-electron chi connectivity index (χ2n) is 3.10. The Morgan fingerprint density at radius 2 is 2.15 bits per heavy atom. The van der Waals surface area contributed by atoms with Gasteiger partial charge < -0.3 is 10.6 Å². The number of hydrogen-bond donors (Lipinski definition) is 1. The molecule has 0 heterocycles. The summed E-state index contributed by atoms with van der Waals surface area (Å²) in [5.74, 6) is 0. The monoisotopic (exact) mass is 180 g/mol. The van der Waals surface area contributed by atoms with Crippen molar-refractivity contribution in [2.45, 2.75) is 13.5 Å². The van der Waals surface area contributed by atoms with Gasteiger partial charge in [0.2, 0.25) is 0 Å². The standard InChI is InChI=1S/C10H16N2O/c1-8-9(7-12(2)13-3)5-4-6-10(8)11/h4-6H,7,11H2,1-3H3. The lowest BCUT2D eigenvalue weighted by Crippen LogP contribution is -2.16. The van der Waals surface area contributed by atoms with Gasteiger partial charge in [0, 0.05) is 19.3 Å². The first-order chi connectivity index (χ1) is 6.15. The van der Waals surface area contributed by atoms with Crippen LogP contribution in [0.1, 0.15) is 11.1 Å². The van der Waals surface area contributed by atoms with Gasteiger partial charge in [0.1, 0.15) is 0 Å². The van der Waals surface area contributed by atoms with Gasteiger partial charge in [-0.1, -0.05) is 12.1 Å². The molecule has 72 valence electrons. The summed E-state index contributed by atoms with van der Waals surface area (Å²) in [5.41, 5.74) is 8.94. The lowest BCUT2D eigenvalue weighted by Gasteiger charge is -2.15. The van der Waals surface area contributed by atoms with E-state index in [1.807, 2.05) is 26.1 Å². The molecule has 0 saturated heterocycles. The molecule has 1 rings (SSSR count). The van der Waals surface area contributed by atoms with E-state index in [-0.39, 0.29) is 0 Å². The first-order valence-electron chi connectivity index (χ1n) is 4.24. The van der Waals surface area contributed by atoms with Crippen LogP contribution in [0, 0.1) is 6.92 Å². The summed E-state index contributed by atoms with van der Waals surface area (Å²) in [6.45, 7) is 2.78. The predicted molar refractivity (Wildman–Crippen MR) is 54.1 cm³/mol. The Morgan fingerprint density at radius 1 is 1.46 bits per heavy atom. The second-order valence-corrected chi connectivity index (χ2v) is 3.10. The van der Waals surface area contributed by atoms with Gasteiger partial charge in [-0.05, 0) is 24.1 Å². The molecule has 0 radical (unpaired) electrons. The van der Waals surface area contributed by atoms with Crippen molar-refractivity contribution in [1.29, 1.82) is 0 Å². The summed E-state index contributed by atoms with van der Waals surface area (Å²) >= 11 is 0. The van der Waals surface area contributed by atoms with Crippen molar-refractivity contribution in [2.75, 3.05) is 19.9 Å². The van der Waals surface area contributed by atoms with Crippen molar-refractivity contribution in [2.24, 2.45) is 0 Å². The van der Waals surface area contributed by atoms with Gasteiger partial charge in [-0.3, -0.25) is 0 Å². The third-order valence-corrected chi connectivity index (χ3v) is 2.19. The van der Waals surface area contributed by atoms with Crippen LogP contribution in [0.15, 0.2) is 18.2 Å². The Labute approximate surface area is 79.1 Å². The van der Waals surface area contributed by atoms with Crippen LogP contribution in [0.25, 0.3) is 0 Å². The Hall–Kier alpha value is -1.06. The van der Waals surface area contributed by atoms with Crippen LogP contribution < -0.4 is 5.73 Å². The van der Waals surface area contributed by atoms with Crippen LogP contribution in [0.2, 0.25) is 0 Å². The molecule has 1 aromatic rings. The molecule has 3 nitrogen and oxygen atoms in total. The quantitative estimate of drug-likeness (QED) is 0.567. The normalized spacial score (nSPS) is 10.8. The molecule has 0 amide bonds. The highest BCUT2D eigenvalue weighted by Crippen LogP contribution is 2.16. The molecule has 0 atom stereocenters. The van der Waals surface area contributed by atoms with E-state index in [2.05, 4.69) is 6.07 Å². The van der Waals surface area contributed by atoms with Gasteiger partial charge in [-0.25, -0.2) is 0 Å². The van der Waals surface area contributed by atoms with Crippen LogP contribution in [-0.2, 0) is 11.4 Å². The molecule has 0 fully saturated rings. The molecule has 0 aromatic heterocycles. The van der Waals surface area contributed by atoms with Crippen LogP contribution in [-0.4, -0.2) is 19.2 Å². The minimum atomic E-state index is 0.757. The summed E-state index contributed by atoms with van der Waals surface area (Å²) in [7, 11) is 3.55. The lowest BCUT2D eigenvalue weighted by atomic mass is 10.1. The number of hydroxylamine groups is 2. The van der Waals surface area contributed by atoms with Gasteiger partial charge in [0.15, 0.2) is 0 Å². The SMILES string of the molecule is CON(C)Cc1cccc(N)c1C. The Balaban J connectivity index is 2.83. The highest BCUT2D eigenvalue weighted by molar-refractivity contribution is 5.49. The van der Waals surface area contributed by atoms with E-state index >= 15 is 0 Å². The van der Waals surface area contributed by atoms with Crippen LogP contribution in [0.4, 0.5) is 5.69 Å². The van der Waals surface area contributed by atoms with Gasteiger partial charge in [-0.2, -0.15) is 5.06 Å². The van der Waals surface area contributed by atoms with Crippen molar-refractivity contribution in [3.63, 3.8) is 0 Å². The van der Waals surface area contributed by atoms with E-state index in [9.17, 15) is 0 Å². The summed E-state index contributed by atoms with van der Waals surface area (Å²) in [4.78, 5) is 5.04. The van der Waals surface area contributed by atoms with Gasteiger partial charge in [-0.15, -0.1) is 0 Å². The average Bonchev–Trinajstić information content (AvgIpc) is 2.13. The molecule has 0 aliphatic heterocycles. The molecule has 0 aliphatic rings. The van der Waals surface area contributed by atoms with Crippen molar-refractivity contribution < 1.29 is 4.84 Å². The molecule has 0 spiro atoms. The van der Waals surface area contributed by atoms with Gasteiger partial charge >= 0.3 is 0 Å². The van der Waals surface area contributed by atoms with Crippen LogP contribution in [0.5, 0.6) is 0 Å². The van der Waals surface area contributed by atoms with E-state index < -0.39 is 0 Å². The average molecular weight is 180 g/mol. The summed E-state index contributed by atoms with van der Waals surface area (Å²) < 4.78 is 0. The zero-order chi connectivity index (χ0) is 9.84. The zero-order valence-electron chi connectivity index (χ0n) is 8.37. The highest BCUT2D eigenvalue weighted by Gasteiger charge is 2.03. The molecule has 0 bridgehead atoms. The van der Waals surface area contributed by atoms with Gasteiger partial charge in [0.05, 0.1) is 7.11 Å². The molecule has 3 heteroatoms. The van der Waals surface area contributed by atoms with Gasteiger partial charge in [0.25, 0.3) is 0 Å². The van der Waals surface area contributed by atoms with E-state index in [4.69, 9.17) is 10.6 Å². The second kappa shape index (κ2) is 4.25. The van der Waals surface area contributed by atoms with Crippen molar-refractivity contribution in [1.82, 2.24) is 5.06 Å². The lowest BCUT2D eigenvalue weighted by molar-refractivity contribution is -0.116. The molecule has 1 aromatic carbocycles. The maximum atomic E-state index is 5.78. The number of hydrogen-bond acceptors (Lipinski definition) is 3. The molecule has 0 saturated carbocycles. The Kier molecular flexibility index (Phi) is 3.28. The highest BCUT2D eigenvalue weighted by atomic mass is 16.7. The Morgan fingerprint density at radius 3 is 2.77 bits per heavy atom. The summed E-state index contributed by atoms with van der Waals surface area (Å²) in [6.07, 6.45) is 0. The van der Waals surface area contributed by atoms with Crippen molar-refractivity contribution in [3.05, 3.63) is 29.3 Å². The van der Waals surface area contributed by atoms with E-state index in [0.717, 1.165) is 17.8 Å². The molecular weight excluding hydrogens is 164 g/mol. The maximum absolute atomic E-state index is 5.78. The van der Waals surface area contributed by atoms with Crippen LogP contribution >= 0.6 is 0 Å². The molecule has 0 unspecified atom stereocenters. The first kappa shape index (κ1) is 10.0. The van der Waals surface area contributed by atoms with Crippen molar-refractivity contribution >= 4 is 5.69 Å². The van der Waals surface area contributed by atoms with Crippen LogP contribution in [0.3, 0.4) is 0 Å². The fraction of sp³-hybridized carbons (Fsp3) is 0.400. The molecule has 13 heavy (non-hydrogen) atoms. The summed E-state index contributed by atoms with van der Waals surface area (Å²) in [6, 6.07) is 5.92. The van der Waals surface area contributed by atoms with E-state index in [1.165, 1.54) is 5.56 Å². The fourth-order valence-electron chi connectivity index (χ4n) is 1.18. The number of nitrogens with two attached hydrogens (primary N) is 1. The maximum Gasteiger partial charge on any atom is 0.0575 e. The fourth-order valence-corrected chi connectivity index (χ4v) is 1.18. The number of anilines is 1. The van der Waals surface area contributed by atoms with E-state index in [0.29, 0.717) is 0 Å². The number of benzene rings is 1. The largest absolute Gasteiger partial charge is 0.399 e. The topological polar surface area (TPSA) is 38.5 Å². The smallest absolute Gasteiger partial charge is 0.0575 e. The molecule has 2 N–H and O–H groups in total. The minimum Gasteiger partial charge on any atom is -0.399 e.